The van der Waals surface area contributed by atoms with Crippen LogP contribution in [-0.2, 0) is 9.59 Å². The van der Waals surface area contributed by atoms with Gasteiger partial charge in [0.1, 0.15) is 0 Å². The van der Waals surface area contributed by atoms with Gasteiger partial charge in [-0.15, -0.1) is 0 Å². The normalized spacial score (nSPS) is 17.1. The average molecular weight is 236 g/mol. The highest BCUT2D eigenvalue weighted by Crippen LogP contribution is 2.05. The number of amides is 2. The number of imide groups is 1. The molecule has 1 rings (SSSR count). The number of nitrogens with zero attached hydrogens (tertiary/aromatic N) is 2. The summed E-state index contributed by atoms with van der Waals surface area (Å²) >= 11 is 0. The average Bonchev–Trinajstić information content (AvgIpc) is 2.69. The van der Waals surface area contributed by atoms with Gasteiger partial charge in [-0.25, -0.2) is 0 Å². The lowest BCUT2D eigenvalue weighted by molar-refractivity contribution is -0.143. The Labute approximate surface area is 103 Å². The Morgan fingerprint density at radius 2 is 1.76 bits per heavy atom. The van der Waals surface area contributed by atoms with Crippen LogP contribution in [0, 0.1) is 11.8 Å². The van der Waals surface area contributed by atoms with Crippen molar-refractivity contribution in [2.75, 3.05) is 19.6 Å². The predicted octanol–water partition coefficient (Wildman–Crippen LogP) is 0.869. The van der Waals surface area contributed by atoms with E-state index >= 15 is 0 Å². The molecule has 17 heavy (non-hydrogen) atoms. The van der Waals surface area contributed by atoms with E-state index in [0.717, 1.165) is 19.6 Å². The second-order valence-electron chi connectivity index (χ2n) is 4.39. The van der Waals surface area contributed by atoms with Gasteiger partial charge in [-0.1, -0.05) is 11.8 Å². The van der Waals surface area contributed by atoms with Crippen LogP contribution in [0.15, 0.2) is 0 Å². The summed E-state index contributed by atoms with van der Waals surface area (Å²) in [5, 5.41) is 0. The summed E-state index contributed by atoms with van der Waals surface area (Å²) in [6.07, 6.45) is 2.48. The van der Waals surface area contributed by atoms with Crippen molar-refractivity contribution in [2.24, 2.45) is 0 Å². The highest BCUT2D eigenvalue weighted by atomic mass is 16.2. The molecule has 1 heterocycles. The summed E-state index contributed by atoms with van der Waals surface area (Å²) in [4.78, 5) is 26.0. The second kappa shape index (κ2) is 6.41. The maximum Gasteiger partial charge on any atom is 0.227 e. The highest BCUT2D eigenvalue weighted by Gasteiger charge is 2.18. The molecule has 0 aromatic heterocycles. The lowest BCUT2D eigenvalue weighted by atomic mass is 10.2. The largest absolute Gasteiger partial charge is 0.292 e. The predicted molar refractivity (Wildman–Crippen MR) is 66.1 cm³/mol. The fraction of sp³-hybridized carbons (Fsp3) is 0.692. The van der Waals surface area contributed by atoms with Crippen LogP contribution < -0.4 is 0 Å². The quantitative estimate of drug-likeness (QED) is 0.668. The van der Waals surface area contributed by atoms with Crippen molar-refractivity contribution in [3.8, 4) is 11.8 Å². The minimum Gasteiger partial charge on any atom is -0.292 e. The number of hydrogen-bond acceptors (Lipinski definition) is 3. The Morgan fingerprint density at radius 3 is 2.24 bits per heavy atom. The van der Waals surface area contributed by atoms with E-state index in [0.29, 0.717) is 0 Å². The summed E-state index contributed by atoms with van der Waals surface area (Å²) < 4.78 is 0. The van der Waals surface area contributed by atoms with Crippen LogP contribution in [0.25, 0.3) is 0 Å². The van der Waals surface area contributed by atoms with Crippen LogP contribution >= 0.6 is 0 Å². The fourth-order valence-electron chi connectivity index (χ4n) is 2.08. The molecule has 0 N–H and O–H groups in total. The Balaban J connectivity index is 2.51. The van der Waals surface area contributed by atoms with Crippen LogP contribution in [0.3, 0.4) is 0 Å². The van der Waals surface area contributed by atoms with Crippen LogP contribution in [0.5, 0.6) is 0 Å². The molecule has 0 radical (unpaired) electrons. The molecule has 1 fully saturated rings. The molecule has 2 amide bonds. The van der Waals surface area contributed by atoms with Gasteiger partial charge in [-0.05, 0) is 32.9 Å². The number of carbonyl (C=O) groups excluding carboxylic acids is 2. The minimum absolute atomic E-state index is 0.250. The first-order valence-corrected chi connectivity index (χ1v) is 6.03. The summed E-state index contributed by atoms with van der Waals surface area (Å²) in [7, 11) is 0. The third-order valence-corrected chi connectivity index (χ3v) is 2.88. The van der Waals surface area contributed by atoms with Gasteiger partial charge < -0.3 is 0 Å². The Morgan fingerprint density at radius 1 is 1.24 bits per heavy atom. The molecule has 1 aliphatic heterocycles. The number of likely N-dealkylation sites (tertiary alicyclic amines) is 1. The van der Waals surface area contributed by atoms with Gasteiger partial charge in [-0.3, -0.25) is 19.4 Å². The van der Waals surface area contributed by atoms with Crippen molar-refractivity contribution in [3.05, 3.63) is 0 Å². The van der Waals surface area contributed by atoms with E-state index in [9.17, 15) is 9.59 Å². The van der Waals surface area contributed by atoms with Gasteiger partial charge in [-0.2, -0.15) is 0 Å². The maximum atomic E-state index is 11.3. The van der Waals surface area contributed by atoms with E-state index < -0.39 is 0 Å². The molecular weight excluding hydrogens is 216 g/mol. The molecule has 1 atom stereocenters. The zero-order valence-corrected chi connectivity index (χ0v) is 10.8. The van der Waals surface area contributed by atoms with Gasteiger partial charge >= 0.3 is 0 Å². The van der Waals surface area contributed by atoms with E-state index in [1.54, 1.807) is 6.92 Å². The number of hydrogen-bond donors (Lipinski definition) is 0. The van der Waals surface area contributed by atoms with Gasteiger partial charge in [0.05, 0.1) is 12.6 Å². The van der Waals surface area contributed by atoms with Crippen LogP contribution in [0.4, 0.5) is 0 Å². The molecule has 94 valence electrons. The summed E-state index contributed by atoms with van der Waals surface area (Å²) in [5.41, 5.74) is 0. The van der Waals surface area contributed by atoms with E-state index in [-0.39, 0.29) is 17.9 Å². The topological polar surface area (TPSA) is 40.6 Å². The smallest absolute Gasteiger partial charge is 0.227 e. The zero-order valence-electron chi connectivity index (χ0n) is 10.8. The molecule has 0 saturated carbocycles. The Kier molecular flexibility index (Phi) is 5.17. The van der Waals surface area contributed by atoms with Crippen molar-refractivity contribution in [1.82, 2.24) is 9.80 Å². The third-order valence-electron chi connectivity index (χ3n) is 2.88. The highest BCUT2D eigenvalue weighted by molar-refractivity contribution is 5.93. The van der Waals surface area contributed by atoms with Crippen molar-refractivity contribution >= 4 is 11.8 Å². The standard InChI is InChI=1S/C13H20N2O2/c1-11(15(12(2)16)13(3)17)7-6-10-14-8-4-5-9-14/h11H,4-5,8-10H2,1-3H3. The lowest BCUT2D eigenvalue weighted by Gasteiger charge is -2.20. The molecule has 0 aromatic carbocycles. The van der Waals surface area contributed by atoms with Crippen molar-refractivity contribution in [1.29, 1.82) is 0 Å². The van der Waals surface area contributed by atoms with Crippen LogP contribution in [0.1, 0.15) is 33.6 Å². The molecule has 4 heteroatoms. The summed E-state index contributed by atoms with van der Waals surface area (Å²) in [6, 6.07) is -0.340. The minimum atomic E-state index is -0.340. The zero-order chi connectivity index (χ0) is 12.8. The van der Waals surface area contributed by atoms with Crippen LogP contribution in [0.2, 0.25) is 0 Å². The van der Waals surface area contributed by atoms with Gasteiger partial charge in [0.2, 0.25) is 11.8 Å². The van der Waals surface area contributed by atoms with E-state index in [2.05, 4.69) is 16.7 Å². The maximum absolute atomic E-state index is 11.3. The molecular formula is C13H20N2O2. The molecule has 0 bridgehead atoms. The first kappa shape index (κ1) is 13.7. The van der Waals surface area contributed by atoms with Gasteiger partial charge in [0, 0.05) is 13.8 Å². The molecule has 0 spiro atoms. The first-order valence-electron chi connectivity index (χ1n) is 6.03. The lowest BCUT2D eigenvalue weighted by Crippen LogP contribution is -2.40. The van der Waals surface area contributed by atoms with Crippen molar-refractivity contribution in [2.45, 2.75) is 39.7 Å². The van der Waals surface area contributed by atoms with Gasteiger partial charge in [0.15, 0.2) is 0 Å². The summed E-state index contributed by atoms with van der Waals surface area (Å²) in [6.45, 7) is 7.49. The third kappa shape index (κ3) is 4.20. The first-order chi connectivity index (χ1) is 8.02. The van der Waals surface area contributed by atoms with Crippen LogP contribution in [-0.4, -0.2) is 47.3 Å². The molecule has 1 unspecified atom stereocenters. The Hall–Kier alpha value is -1.34. The second-order valence-corrected chi connectivity index (χ2v) is 4.39. The van der Waals surface area contributed by atoms with E-state index in [4.69, 9.17) is 0 Å². The summed E-state index contributed by atoms with van der Waals surface area (Å²) in [5.74, 6) is 5.51. The SMILES string of the molecule is CC(=O)N(C(C)=O)C(C)C#CCN1CCCC1. The molecule has 4 nitrogen and oxygen atoms in total. The number of carbonyl (C=O) groups is 2. The monoisotopic (exact) mass is 236 g/mol. The molecule has 0 aromatic rings. The van der Waals surface area contributed by atoms with E-state index in [1.165, 1.54) is 31.6 Å². The molecule has 1 aliphatic rings. The Bertz CT molecular complexity index is 334. The fourth-order valence-corrected chi connectivity index (χ4v) is 2.08. The van der Waals surface area contributed by atoms with Crippen molar-refractivity contribution < 1.29 is 9.59 Å². The van der Waals surface area contributed by atoms with Crippen molar-refractivity contribution in [3.63, 3.8) is 0 Å². The molecule has 1 saturated heterocycles. The van der Waals surface area contributed by atoms with E-state index in [1.807, 2.05) is 0 Å². The number of rotatable bonds is 2. The molecule has 0 aliphatic carbocycles. The van der Waals surface area contributed by atoms with Gasteiger partial charge in [0.25, 0.3) is 0 Å².